The molecule has 0 radical (unpaired) electrons. The van der Waals surface area contributed by atoms with Crippen LogP contribution >= 0.6 is 0 Å². The maximum Gasteiger partial charge on any atom is 0.326 e. The van der Waals surface area contributed by atoms with Crippen LogP contribution in [-0.2, 0) is 30.4 Å². The number of aromatic nitrogens is 1. The van der Waals surface area contributed by atoms with Gasteiger partial charge in [-0.2, -0.15) is 0 Å². The first kappa shape index (κ1) is 25.3. The maximum atomic E-state index is 12.6. The predicted molar refractivity (Wildman–Crippen MR) is 117 cm³/mol. The van der Waals surface area contributed by atoms with E-state index in [2.05, 4.69) is 15.6 Å². The van der Waals surface area contributed by atoms with E-state index in [4.69, 9.17) is 16.6 Å². The Kier molecular flexibility index (Phi) is 8.92. The summed E-state index contributed by atoms with van der Waals surface area (Å²) in [4.78, 5) is 61.6. The molecule has 0 aliphatic carbocycles. The number of carboxylic acid groups (broad SMARTS) is 2. The fourth-order valence-corrected chi connectivity index (χ4v) is 3.26. The Hall–Kier alpha value is -3.93. The molecule has 1 aromatic heterocycles. The normalized spacial score (nSPS) is 13.6. The Morgan fingerprint density at radius 1 is 0.939 bits per heavy atom. The van der Waals surface area contributed by atoms with E-state index < -0.39 is 54.2 Å². The summed E-state index contributed by atoms with van der Waals surface area (Å²) in [6, 6.07) is 3.62. The molecule has 3 atom stereocenters. The third-order valence-corrected chi connectivity index (χ3v) is 5.03. The maximum absolute atomic E-state index is 12.6. The van der Waals surface area contributed by atoms with Gasteiger partial charge in [-0.15, -0.1) is 0 Å². The largest absolute Gasteiger partial charge is 0.481 e. The summed E-state index contributed by atoms with van der Waals surface area (Å²) in [6.07, 6.45) is 0.612. The smallest absolute Gasteiger partial charge is 0.326 e. The third-order valence-electron chi connectivity index (χ3n) is 5.03. The number of primary amides is 1. The second-order valence-corrected chi connectivity index (χ2v) is 7.57. The summed E-state index contributed by atoms with van der Waals surface area (Å²) in [5.74, 6) is -4.94. The lowest BCUT2D eigenvalue weighted by Crippen LogP contribution is -2.55. The molecule has 0 fully saturated rings. The van der Waals surface area contributed by atoms with E-state index in [0.717, 1.165) is 16.5 Å². The van der Waals surface area contributed by atoms with Crippen LogP contribution in [0.15, 0.2) is 30.5 Å². The molecule has 0 bridgehead atoms. The first-order chi connectivity index (χ1) is 15.6. The minimum absolute atomic E-state index is 0.152. The molecule has 0 aliphatic rings. The molecule has 3 amide bonds. The lowest BCUT2D eigenvalue weighted by Gasteiger charge is -2.22. The fourth-order valence-electron chi connectivity index (χ4n) is 3.26. The van der Waals surface area contributed by atoms with Gasteiger partial charge in [-0.05, 0) is 30.9 Å². The van der Waals surface area contributed by atoms with Crippen LogP contribution in [0.2, 0.25) is 0 Å². The molecule has 12 heteroatoms. The van der Waals surface area contributed by atoms with Crippen LogP contribution in [0.1, 0.15) is 31.2 Å². The van der Waals surface area contributed by atoms with E-state index in [1.54, 1.807) is 6.20 Å². The Morgan fingerprint density at radius 2 is 1.58 bits per heavy atom. The van der Waals surface area contributed by atoms with Gasteiger partial charge in [0, 0.05) is 29.9 Å². The van der Waals surface area contributed by atoms with Gasteiger partial charge in [0.2, 0.25) is 17.7 Å². The Morgan fingerprint density at radius 3 is 2.21 bits per heavy atom. The molecule has 12 nitrogen and oxygen atoms in total. The lowest BCUT2D eigenvalue weighted by molar-refractivity contribution is -0.143. The van der Waals surface area contributed by atoms with Crippen molar-refractivity contribution >= 4 is 40.6 Å². The molecule has 0 aliphatic heterocycles. The highest BCUT2D eigenvalue weighted by atomic mass is 16.4. The van der Waals surface area contributed by atoms with Crippen LogP contribution in [-0.4, -0.2) is 63.0 Å². The van der Waals surface area contributed by atoms with Crippen LogP contribution in [0.4, 0.5) is 0 Å². The number of para-hydroxylation sites is 1. The van der Waals surface area contributed by atoms with Gasteiger partial charge in [0.05, 0.1) is 6.04 Å². The SMILES string of the molecule is NC(=O)CCC(NC(=O)C(CCC(=O)O)NC(=O)C(N)Cc1c[nH]c2ccccc12)C(=O)O. The van der Waals surface area contributed by atoms with Crippen LogP contribution in [0.25, 0.3) is 10.9 Å². The summed E-state index contributed by atoms with van der Waals surface area (Å²) in [7, 11) is 0. The van der Waals surface area contributed by atoms with Gasteiger partial charge < -0.3 is 37.3 Å². The van der Waals surface area contributed by atoms with Crippen LogP contribution in [0.5, 0.6) is 0 Å². The molecular weight excluding hydrogens is 434 g/mol. The highest BCUT2D eigenvalue weighted by Crippen LogP contribution is 2.18. The van der Waals surface area contributed by atoms with Crippen LogP contribution < -0.4 is 22.1 Å². The van der Waals surface area contributed by atoms with Gasteiger partial charge >= 0.3 is 11.9 Å². The van der Waals surface area contributed by atoms with Gasteiger partial charge in [0.15, 0.2) is 0 Å². The summed E-state index contributed by atoms with van der Waals surface area (Å²) in [6.45, 7) is 0. The number of benzene rings is 1. The number of carbonyl (C=O) groups excluding carboxylic acids is 3. The summed E-state index contributed by atoms with van der Waals surface area (Å²) in [5, 5.41) is 23.7. The molecule has 33 heavy (non-hydrogen) atoms. The number of carbonyl (C=O) groups is 5. The van der Waals surface area contributed by atoms with Crippen molar-refractivity contribution in [2.45, 2.75) is 50.2 Å². The van der Waals surface area contributed by atoms with Crippen LogP contribution in [0, 0.1) is 0 Å². The molecular formula is C21H27N5O7. The summed E-state index contributed by atoms with van der Waals surface area (Å²) < 4.78 is 0. The number of aliphatic carboxylic acids is 2. The predicted octanol–water partition coefficient (Wildman–Crippen LogP) is -0.778. The Balaban J connectivity index is 2.07. The number of fused-ring (bicyclic) bond motifs is 1. The monoisotopic (exact) mass is 461 g/mol. The fraction of sp³-hybridized carbons (Fsp3) is 0.381. The molecule has 2 aromatic rings. The zero-order chi connectivity index (χ0) is 24.5. The van der Waals surface area contributed by atoms with Crippen molar-refractivity contribution in [1.82, 2.24) is 15.6 Å². The van der Waals surface area contributed by atoms with Gasteiger partial charge in [-0.25, -0.2) is 4.79 Å². The second-order valence-electron chi connectivity index (χ2n) is 7.57. The van der Waals surface area contributed by atoms with Crippen molar-refractivity contribution in [3.8, 4) is 0 Å². The first-order valence-corrected chi connectivity index (χ1v) is 10.2. The van der Waals surface area contributed by atoms with E-state index in [1.165, 1.54) is 0 Å². The number of H-pyrrole nitrogens is 1. The molecule has 2 rings (SSSR count). The van der Waals surface area contributed by atoms with E-state index in [-0.39, 0.29) is 25.7 Å². The standard InChI is InChI=1S/C21H27N5O7/c22-13(9-11-10-24-14-4-2-1-3-12(11)14)19(30)25-15(6-8-18(28)29)20(31)26-16(21(32)33)5-7-17(23)27/h1-4,10,13,15-16,24H,5-9,22H2,(H2,23,27)(H,25,30)(H,26,31)(H,28,29)(H,32,33). The zero-order valence-electron chi connectivity index (χ0n) is 17.7. The van der Waals surface area contributed by atoms with E-state index in [9.17, 15) is 29.1 Å². The number of amides is 3. The number of nitrogens with two attached hydrogens (primary N) is 2. The van der Waals surface area contributed by atoms with Crippen LogP contribution in [0.3, 0.4) is 0 Å². The molecule has 1 aromatic carbocycles. The second kappa shape index (κ2) is 11.6. The van der Waals surface area contributed by atoms with E-state index in [0.29, 0.717) is 0 Å². The summed E-state index contributed by atoms with van der Waals surface area (Å²) >= 11 is 0. The minimum Gasteiger partial charge on any atom is -0.481 e. The number of hydrogen-bond donors (Lipinski definition) is 7. The van der Waals surface area contributed by atoms with Crippen molar-refractivity contribution in [3.05, 3.63) is 36.0 Å². The van der Waals surface area contributed by atoms with Gasteiger partial charge in [-0.1, -0.05) is 18.2 Å². The number of nitrogens with one attached hydrogen (secondary N) is 3. The van der Waals surface area contributed by atoms with Crippen molar-refractivity contribution in [2.24, 2.45) is 11.5 Å². The Bertz CT molecular complexity index is 1030. The van der Waals surface area contributed by atoms with Crippen molar-refractivity contribution < 1.29 is 34.2 Å². The molecule has 3 unspecified atom stereocenters. The average Bonchev–Trinajstić information content (AvgIpc) is 3.16. The number of carboxylic acids is 2. The zero-order valence-corrected chi connectivity index (χ0v) is 17.7. The van der Waals surface area contributed by atoms with Gasteiger partial charge in [-0.3, -0.25) is 19.2 Å². The summed E-state index contributed by atoms with van der Waals surface area (Å²) in [5.41, 5.74) is 12.7. The number of aromatic amines is 1. The topological polar surface area (TPSA) is 218 Å². The van der Waals surface area contributed by atoms with Crippen molar-refractivity contribution in [2.75, 3.05) is 0 Å². The number of rotatable bonds is 13. The van der Waals surface area contributed by atoms with E-state index in [1.807, 2.05) is 24.3 Å². The highest BCUT2D eigenvalue weighted by molar-refractivity contribution is 5.92. The van der Waals surface area contributed by atoms with Gasteiger partial charge in [0.1, 0.15) is 12.1 Å². The first-order valence-electron chi connectivity index (χ1n) is 10.2. The van der Waals surface area contributed by atoms with Gasteiger partial charge in [0.25, 0.3) is 0 Å². The quantitative estimate of drug-likeness (QED) is 0.200. The molecule has 178 valence electrons. The van der Waals surface area contributed by atoms with E-state index >= 15 is 0 Å². The molecule has 0 spiro atoms. The van der Waals surface area contributed by atoms with Crippen molar-refractivity contribution in [3.63, 3.8) is 0 Å². The number of hydrogen-bond acceptors (Lipinski definition) is 6. The molecule has 0 saturated heterocycles. The molecule has 1 heterocycles. The van der Waals surface area contributed by atoms with Crippen molar-refractivity contribution in [1.29, 1.82) is 0 Å². The Labute approximate surface area is 188 Å². The molecule has 0 saturated carbocycles. The third kappa shape index (κ3) is 7.61. The lowest BCUT2D eigenvalue weighted by atomic mass is 10.0. The highest BCUT2D eigenvalue weighted by Gasteiger charge is 2.28. The average molecular weight is 461 g/mol. The molecule has 9 N–H and O–H groups in total. The minimum atomic E-state index is -1.44.